The van der Waals surface area contributed by atoms with Gasteiger partial charge in [0.1, 0.15) is 0 Å². The number of para-hydroxylation sites is 1. The van der Waals surface area contributed by atoms with E-state index in [-0.39, 0.29) is 0 Å². The maximum atomic E-state index is 6.33. The largest absolute Gasteiger partial charge is 0.370 e. The Morgan fingerprint density at radius 3 is 2.89 bits per heavy atom. The lowest BCUT2D eigenvalue weighted by Crippen LogP contribution is -2.30. The van der Waals surface area contributed by atoms with Gasteiger partial charge in [0, 0.05) is 19.1 Å². The van der Waals surface area contributed by atoms with Crippen LogP contribution in [0.2, 0.25) is 5.02 Å². The van der Waals surface area contributed by atoms with E-state index in [1.165, 1.54) is 17.7 Å². The highest BCUT2D eigenvalue weighted by molar-refractivity contribution is 6.33. The Balaban J connectivity index is 2.00. The summed E-state index contributed by atoms with van der Waals surface area (Å²) in [7, 11) is 0. The second-order valence-electron chi connectivity index (χ2n) is 5.57. The molecule has 0 bridgehead atoms. The first-order valence-electron chi connectivity index (χ1n) is 6.81. The summed E-state index contributed by atoms with van der Waals surface area (Å²) in [4.78, 5) is 2.43. The van der Waals surface area contributed by atoms with Crippen molar-refractivity contribution in [2.45, 2.75) is 33.2 Å². The Labute approximate surface area is 115 Å². The van der Waals surface area contributed by atoms with E-state index in [2.05, 4.69) is 37.1 Å². The molecular formula is C15H23ClN2. The minimum Gasteiger partial charge on any atom is -0.370 e. The van der Waals surface area contributed by atoms with E-state index in [4.69, 9.17) is 11.6 Å². The van der Waals surface area contributed by atoms with Gasteiger partial charge >= 0.3 is 0 Å². The Bertz CT molecular complexity index is 383. The molecule has 2 rings (SSSR count). The highest BCUT2D eigenvalue weighted by atomic mass is 35.5. The van der Waals surface area contributed by atoms with E-state index in [1.54, 1.807) is 0 Å². The fraction of sp³-hybridized carbons (Fsp3) is 0.600. The smallest absolute Gasteiger partial charge is 0.0642 e. The minimum absolute atomic E-state index is 0.570. The maximum absolute atomic E-state index is 6.33. The molecule has 100 valence electrons. The number of aryl methyl sites for hydroxylation is 1. The van der Waals surface area contributed by atoms with Gasteiger partial charge in [0.2, 0.25) is 0 Å². The molecule has 0 amide bonds. The van der Waals surface area contributed by atoms with E-state index < -0.39 is 0 Å². The fourth-order valence-electron chi connectivity index (χ4n) is 2.63. The molecule has 0 aliphatic carbocycles. The Kier molecular flexibility index (Phi) is 4.52. The highest BCUT2D eigenvalue weighted by Crippen LogP contribution is 2.33. The summed E-state index contributed by atoms with van der Waals surface area (Å²) in [5.41, 5.74) is 2.51. The van der Waals surface area contributed by atoms with Gasteiger partial charge in [-0.15, -0.1) is 0 Å². The van der Waals surface area contributed by atoms with Gasteiger partial charge in [0.15, 0.2) is 0 Å². The van der Waals surface area contributed by atoms with Crippen molar-refractivity contribution in [3.63, 3.8) is 0 Å². The summed E-state index contributed by atoms with van der Waals surface area (Å²) >= 11 is 6.33. The number of nitrogens with zero attached hydrogens (tertiary/aromatic N) is 1. The van der Waals surface area contributed by atoms with Crippen molar-refractivity contribution in [1.29, 1.82) is 0 Å². The zero-order valence-corrected chi connectivity index (χ0v) is 12.3. The van der Waals surface area contributed by atoms with E-state index in [0.717, 1.165) is 30.6 Å². The molecule has 0 radical (unpaired) electrons. The first-order chi connectivity index (χ1) is 8.58. The number of nitrogens with one attached hydrogen (secondary N) is 1. The molecule has 2 nitrogen and oxygen atoms in total. The van der Waals surface area contributed by atoms with Crippen molar-refractivity contribution in [3.8, 4) is 0 Å². The monoisotopic (exact) mass is 266 g/mol. The van der Waals surface area contributed by atoms with Crippen LogP contribution in [0.25, 0.3) is 0 Å². The predicted molar refractivity (Wildman–Crippen MR) is 79.6 cm³/mol. The maximum Gasteiger partial charge on any atom is 0.0642 e. The SMILES string of the molecule is Cc1cccc(Cl)c1N1CCC(CNC(C)C)C1. The molecule has 3 heteroatoms. The van der Waals surface area contributed by atoms with Crippen molar-refractivity contribution >= 4 is 17.3 Å². The summed E-state index contributed by atoms with van der Waals surface area (Å²) < 4.78 is 0. The Hall–Kier alpha value is -0.730. The third kappa shape index (κ3) is 3.18. The molecule has 1 saturated heterocycles. The number of hydrogen-bond acceptors (Lipinski definition) is 2. The quantitative estimate of drug-likeness (QED) is 0.898. The standard InChI is InChI=1S/C15H23ClN2/c1-11(2)17-9-13-7-8-18(10-13)15-12(3)5-4-6-14(15)16/h4-6,11,13,17H,7-10H2,1-3H3. The number of hydrogen-bond donors (Lipinski definition) is 1. The van der Waals surface area contributed by atoms with Crippen LogP contribution in [0.4, 0.5) is 5.69 Å². The third-order valence-corrected chi connectivity index (χ3v) is 3.91. The topological polar surface area (TPSA) is 15.3 Å². The highest BCUT2D eigenvalue weighted by Gasteiger charge is 2.24. The molecule has 1 aliphatic heterocycles. The minimum atomic E-state index is 0.570. The molecule has 1 unspecified atom stereocenters. The summed E-state index contributed by atoms with van der Waals surface area (Å²) in [5, 5.41) is 4.41. The second kappa shape index (κ2) is 5.94. The zero-order chi connectivity index (χ0) is 13.1. The Morgan fingerprint density at radius 2 is 2.22 bits per heavy atom. The van der Waals surface area contributed by atoms with Crippen molar-refractivity contribution in [2.24, 2.45) is 5.92 Å². The number of benzene rings is 1. The van der Waals surface area contributed by atoms with Crippen LogP contribution in [0.15, 0.2) is 18.2 Å². The summed E-state index contributed by atoms with van der Waals surface area (Å²) in [5.74, 6) is 0.739. The second-order valence-corrected chi connectivity index (χ2v) is 5.98. The lowest BCUT2D eigenvalue weighted by atomic mass is 10.1. The molecule has 1 heterocycles. The lowest BCUT2D eigenvalue weighted by molar-refractivity contribution is 0.480. The third-order valence-electron chi connectivity index (χ3n) is 3.61. The van der Waals surface area contributed by atoms with Gasteiger partial charge in [-0.2, -0.15) is 0 Å². The molecule has 1 aliphatic rings. The van der Waals surface area contributed by atoms with Gasteiger partial charge in [0.25, 0.3) is 0 Å². The molecule has 1 atom stereocenters. The van der Waals surface area contributed by atoms with Gasteiger partial charge in [-0.3, -0.25) is 0 Å². The van der Waals surface area contributed by atoms with Crippen LogP contribution in [-0.4, -0.2) is 25.7 Å². The van der Waals surface area contributed by atoms with Crippen LogP contribution in [0, 0.1) is 12.8 Å². The van der Waals surface area contributed by atoms with Crippen molar-refractivity contribution < 1.29 is 0 Å². The van der Waals surface area contributed by atoms with Gasteiger partial charge in [-0.1, -0.05) is 37.6 Å². The van der Waals surface area contributed by atoms with Crippen LogP contribution >= 0.6 is 11.6 Å². The van der Waals surface area contributed by atoms with E-state index >= 15 is 0 Å². The first-order valence-corrected chi connectivity index (χ1v) is 7.19. The summed E-state index contributed by atoms with van der Waals surface area (Å²) in [6, 6.07) is 6.72. The van der Waals surface area contributed by atoms with Gasteiger partial charge in [-0.25, -0.2) is 0 Å². The number of anilines is 1. The molecule has 1 N–H and O–H groups in total. The van der Waals surface area contributed by atoms with E-state index in [9.17, 15) is 0 Å². The molecular weight excluding hydrogens is 244 g/mol. The van der Waals surface area contributed by atoms with Crippen LogP contribution in [0.1, 0.15) is 25.8 Å². The number of rotatable bonds is 4. The Morgan fingerprint density at radius 1 is 1.44 bits per heavy atom. The molecule has 1 aromatic rings. The van der Waals surface area contributed by atoms with Crippen LogP contribution in [-0.2, 0) is 0 Å². The molecule has 1 aromatic carbocycles. The first kappa shape index (κ1) is 13.7. The molecule has 0 saturated carbocycles. The fourth-order valence-corrected chi connectivity index (χ4v) is 2.97. The van der Waals surface area contributed by atoms with Crippen LogP contribution in [0.3, 0.4) is 0 Å². The molecule has 18 heavy (non-hydrogen) atoms. The average molecular weight is 267 g/mol. The molecule has 0 spiro atoms. The van der Waals surface area contributed by atoms with Gasteiger partial charge in [0.05, 0.1) is 10.7 Å². The van der Waals surface area contributed by atoms with Gasteiger partial charge < -0.3 is 10.2 Å². The predicted octanol–water partition coefficient (Wildman–Crippen LogP) is 3.47. The van der Waals surface area contributed by atoms with Crippen LogP contribution in [0.5, 0.6) is 0 Å². The van der Waals surface area contributed by atoms with Crippen molar-refractivity contribution in [1.82, 2.24) is 5.32 Å². The molecule has 0 aromatic heterocycles. The van der Waals surface area contributed by atoms with Gasteiger partial charge in [-0.05, 0) is 37.4 Å². The summed E-state index contributed by atoms with van der Waals surface area (Å²) in [6.07, 6.45) is 1.25. The zero-order valence-electron chi connectivity index (χ0n) is 11.5. The lowest BCUT2D eigenvalue weighted by Gasteiger charge is -2.22. The normalized spacial score (nSPS) is 19.8. The van der Waals surface area contributed by atoms with E-state index in [1.807, 2.05) is 12.1 Å². The van der Waals surface area contributed by atoms with Crippen LogP contribution < -0.4 is 10.2 Å². The van der Waals surface area contributed by atoms with Crippen molar-refractivity contribution in [3.05, 3.63) is 28.8 Å². The average Bonchev–Trinajstić information content (AvgIpc) is 2.75. The molecule has 1 fully saturated rings. The van der Waals surface area contributed by atoms with E-state index in [0.29, 0.717) is 6.04 Å². The van der Waals surface area contributed by atoms with Crippen molar-refractivity contribution in [2.75, 3.05) is 24.5 Å². The number of halogens is 1. The summed E-state index contributed by atoms with van der Waals surface area (Å²) in [6.45, 7) is 9.88.